The van der Waals surface area contributed by atoms with Crippen LogP contribution in [0, 0.1) is 0 Å². The first-order valence-corrected chi connectivity index (χ1v) is 6.57. The van der Waals surface area contributed by atoms with E-state index in [2.05, 4.69) is 14.7 Å². The fraction of sp³-hybridized carbons (Fsp3) is 0.357. The third-order valence-corrected chi connectivity index (χ3v) is 2.73. The van der Waals surface area contributed by atoms with Gasteiger partial charge in [0, 0.05) is 17.8 Å². The van der Waals surface area contributed by atoms with E-state index in [9.17, 15) is 4.79 Å². The summed E-state index contributed by atoms with van der Waals surface area (Å²) >= 11 is 0. The van der Waals surface area contributed by atoms with Crippen molar-refractivity contribution in [3.8, 4) is 17.3 Å². The number of esters is 1. The molecule has 0 amide bonds. The van der Waals surface area contributed by atoms with Crippen molar-refractivity contribution in [2.45, 2.75) is 12.8 Å². The molecule has 2 heterocycles. The molecule has 21 heavy (non-hydrogen) atoms. The largest absolute Gasteiger partial charge is 0.478 e. The van der Waals surface area contributed by atoms with E-state index in [0.29, 0.717) is 30.5 Å². The van der Waals surface area contributed by atoms with Gasteiger partial charge in [0.2, 0.25) is 11.8 Å². The first kappa shape index (κ1) is 15.0. The van der Waals surface area contributed by atoms with Gasteiger partial charge in [0.25, 0.3) is 0 Å². The summed E-state index contributed by atoms with van der Waals surface area (Å²) in [6, 6.07) is 3.43. The third-order valence-electron chi connectivity index (χ3n) is 2.73. The number of methoxy groups -OCH3 is 1. The maximum atomic E-state index is 11.3. The minimum Gasteiger partial charge on any atom is -0.478 e. The molecule has 0 atom stereocenters. The average molecular weight is 291 g/mol. The zero-order valence-electron chi connectivity index (χ0n) is 11.7. The summed E-state index contributed by atoms with van der Waals surface area (Å²) in [5.74, 6) is 0.240. The van der Waals surface area contributed by atoms with Crippen molar-refractivity contribution in [2.75, 3.05) is 20.3 Å². The van der Waals surface area contributed by atoms with Gasteiger partial charge in [-0.15, -0.1) is 0 Å². The Labute approximate surface area is 122 Å². The summed E-state index contributed by atoms with van der Waals surface area (Å²) in [6.07, 6.45) is 4.62. The highest BCUT2D eigenvalue weighted by molar-refractivity contribution is 5.87. The van der Waals surface area contributed by atoms with Crippen molar-refractivity contribution in [1.29, 1.82) is 0 Å². The average Bonchev–Trinajstić information content (AvgIpc) is 3.01. The van der Waals surface area contributed by atoms with Crippen LogP contribution in [0.1, 0.15) is 23.3 Å². The summed E-state index contributed by atoms with van der Waals surface area (Å²) in [6.45, 7) is 1.19. The van der Waals surface area contributed by atoms with E-state index >= 15 is 0 Å². The molecule has 0 unspecified atom stereocenters. The quantitative estimate of drug-likeness (QED) is 0.611. The molecule has 0 aliphatic carbocycles. The van der Waals surface area contributed by atoms with Gasteiger partial charge in [-0.3, -0.25) is 0 Å². The fourth-order valence-electron chi connectivity index (χ4n) is 1.65. The van der Waals surface area contributed by atoms with E-state index in [-0.39, 0.29) is 5.69 Å². The standard InChI is InChI=1S/C14H17N3O4/c1-19-14(18)11-9-21-13(17-11)10-4-6-16-12(8-10)20-7-3-2-5-15/h4,6,8-9H,2-3,5,7,15H2,1H3. The lowest BCUT2D eigenvalue weighted by Gasteiger charge is -2.05. The predicted octanol–water partition coefficient (Wildman–Crippen LogP) is 1.64. The van der Waals surface area contributed by atoms with Gasteiger partial charge in [0.15, 0.2) is 5.69 Å². The molecule has 0 aliphatic rings. The number of pyridine rings is 1. The second kappa shape index (κ2) is 7.39. The SMILES string of the molecule is COC(=O)c1coc(-c2ccnc(OCCCCN)c2)n1. The van der Waals surface area contributed by atoms with Crippen LogP contribution in [0.25, 0.3) is 11.5 Å². The molecule has 0 aromatic carbocycles. The summed E-state index contributed by atoms with van der Waals surface area (Å²) < 4.78 is 15.4. The number of carbonyl (C=O) groups is 1. The molecular formula is C14H17N3O4. The van der Waals surface area contributed by atoms with Gasteiger partial charge in [-0.1, -0.05) is 0 Å². The molecule has 2 rings (SSSR count). The van der Waals surface area contributed by atoms with Crippen LogP contribution < -0.4 is 10.5 Å². The van der Waals surface area contributed by atoms with E-state index in [1.165, 1.54) is 13.4 Å². The lowest BCUT2D eigenvalue weighted by Crippen LogP contribution is -2.04. The van der Waals surface area contributed by atoms with Crippen LogP contribution in [0.2, 0.25) is 0 Å². The van der Waals surface area contributed by atoms with Gasteiger partial charge >= 0.3 is 5.97 Å². The molecule has 2 aromatic heterocycles. The van der Waals surface area contributed by atoms with Crippen LogP contribution in [-0.4, -0.2) is 36.2 Å². The number of rotatable bonds is 7. The number of nitrogens with zero attached hydrogens (tertiary/aromatic N) is 2. The topological polar surface area (TPSA) is 100 Å². The van der Waals surface area contributed by atoms with Crippen molar-refractivity contribution >= 4 is 5.97 Å². The molecule has 0 radical (unpaired) electrons. The molecule has 7 heteroatoms. The van der Waals surface area contributed by atoms with E-state index < -0.39 is 5.97 Å². The highest BCUT2D eigenvalue weighted by Crippen LogP contribution is 2.22. The molecule has 0 bridgehead atoms. The normalized spacial score (nSPS) is 10.4. The minimum atomic E-state index is -0.544. The molecule has 0 saturated carbocycles. The molecule has 2 N–H and O–H groups in total. The Kier molecular flexibility index (Phi) is 5.28. The molecule has 0 aliphatic heterocycles. The zero-order valence-corrected chi connectivity index (χ0v) is 11.7. The van der Waals surface area contributed by atoms with E-state index in [1.807, 2.05) is 0 Å². The van der Waals surface area contributed by atoms with Crippen LogP contribution in [0.4, 0.5) is 0 Å². The van der Waals surface area contributed by atoms with Crippen molar-refractivity contribution in [2.24, 2.45) is 5.73 Å². The number of nitrogens with two attached hydrogens (primary N) is 1. The number of unbranched alkanes of at least 4 members (excludes halogenated alkanes) is 1. The molecular weight excluding hydrogens is 274 g/mol. The lowest BCUT2D eigenvalue weighted by molar-refractivity contribution is 0.0594. The monoisotopic (exact) mass is 291 g/mol. The summed E-state index contributed by atoms with van der Waals surface area (Å²) in [4.78, 5) is 19.5. The number of hydrogen-bond acceptors (Lipinski definition) is 7. The second-order valence-electron chi connectivity index (χ2n) is 4.26. The number of carbonyl (C=O) groups excluding carboxylic acids is 1. The Hall–Kier alpha value is -2.41. The molecule has 0 saturated heterocycles. The van der Waals surface area contributed by atoms with Gasteiger partial charge in [-0.2, -0.15) is 0 Å². The van der Waals surface area contributed by atoms with Gasteiger partial charge in [-0.05, 0) is 25.5 Å². The summed E-state index contributed by atoms with van der Waals surface area (Å²) in [5, 5.41) is 0. The van der Waals surface area contributed by atoms with Gasteiger partial charge in [0.1, 0.15) is 6.26 Å². The molecule has 0 fully saturated rings. The van der Waals surface area contributed by atoms with Gasteiger partial charge < -0.3 is 19.6 Å². The molecule has 2 aromatic rings. The van der Waals surface area contributed by atoms with Crippen LogP contribution in [-0.2, 0) is 4.74 Å². The smallest absolute Gasteiger partial charge is 0.360 e. The maximum absolute atomic E-state index is 11.3. The van der Waals surface area contributed by atoms with E-state index in [4.69, 9.17) is 14.9 Å². The zero-order chi connectivity index (χ0) is 15.1. The molecule has 0 spiro atoms. The van der Waals surface area contributed by atoms with Crippen molar-refractivity contribution in [1.82, 2.24) is 9.97 Å². The first-order chi connectivity index (χ1) is 10.2. The lowest BCUT2D eigenvalue weighted by atomic mass is 10.2. The van der Waals surface area contributed by atoms with Crippen molar-refractivity contribution < 1.29 is 18.7 Å². The highest BCUT2D eigenvalue weighted by atomic mass is 16.5. The predicted molar refractivity (Wildman–Crippen MR) is 74.9 cm³/mol. The Morgan fingerprint density at radius 2 is 2.29 bits per heavy atom. The van der Waals surface area contributed by atoms with Gasteiger partial charge in [0.05, 0.1) is 13.7 Å². The number of oxazole rings is 1. The Bertz CT molecular complexity index is 597. The second-order valence-corrected chi connectivity index (χ2v) is 4.26. The first-order valence-electron chi connectivity index (χ1n) is 6.57. The Balaban J connectivity index is 2.06. The van der Waals surface area contributed by atoms with Crippen LogP contribution >= 0.6 is 0 Å². The fourth-order valence-corrected chi connectivity index (χ4v) is 1.65. The summed E-state index contributed by atoms with van der Waals surface area (Å²) in [5.41, 5.74) is 6.21. The Morgan fingerprint density at radius 3 is 3.05 bits per heavy atom. The molecule has 7 nitrogen and oxygen atoms in total. The van der Waals surface area contributed by atoms with E-state index in [0.717, 1.165) is 12.8 Å². The van der Waals surface area contributed by atoms with Crippen LogP contribution in [0.5, 0.6) is 5.88 Å². The number of ether oxygens (including phenoxy) is 2. The van der Waals surface area contributed by atoms with Crippen molar-refractivity contribution in [3.05, 3.63) is 30.3 Å². The number of hydrogen-bond donors (Lipinski definition) is 1. The maximum Gasteiger partial charge on any atom is 0.360 e. The highest BCUT2D eigenvalue weighted by Gasteiger charge is 2.14. The number of aromatic nitrogens is 2. The van der Waals surface area contributed by atoms with Crippen molar-refractivity contribution in [3.63, 3.8) is 0 Å². The Morgan fingerprint density at radius 1 is 1.43 bits per heavy atom. The van der Waals surface area contributed by atoms with E-state index in [1.54, 1.807) is 18.3 Å². The van der Waals surface area contributed by atoms with Crippen LogP contribution in [0.3, 0.4) is 0 Å². The summed E-state index contributed by atoms with van der Waals surface area (Å²) in [7, 11) is 1.29. The van der Waals surface area contributed by atoms with Crippen LogP contribution in [0.15, 0.2) is 29.0 Å². The minimum absolute atomic E-state index is 0.120. The third kappa shape index (κ3) is 4.03. The van der Waals surface area contributed by atoms with Gasteiger partial charge in [-0.25, -0.2) is 14.8 Å². The molecule has 112 valence electrons.